The summed E-state index contributed by atoms with van der Waals surface area (Å²) in [4.78, 5) is 15.5. The van der Waals surface area contributed by atoms with E-state index < -0.39 is 28.2 Å². The van der Waals surface area contributed by atoms with Crippen molar-refractivity contribution in [2.45, 2.75) is 17.5 Å². The van der Waals surface area contributed by atoms with Gasteiger partial charge in [0.2, 0.25) is 15.9 Å². The van der Waals surface area contributed by atoms with Crippen LogP contribution in [0.2, 0.25) is 0 Å². The van der Waals surface area contributed by atoms with E-state index in [9.17, 15) is 17.6 Å². The molecule has 0 fully saturated rings. The smallest absolute Gasteiger partial charge is 0.432 e. The third-order valence-electron chi connectivity index (χ3n) is 5.09. The zero-order valence-corrected chi connectivity index (χ0v) is 18.2. The fourth-order valence-electron chi connectivity index (χ4n) is 3.49. The predicted octanol–water partition coefficient (Wildman–Crippen LogP) is 3.25. The van der Waals surface area contributed by atoms with Crippen LogP contribution in [-0.2, 0) is 21.2 Å². The second-order valence-corrected chi connectivity index (χ2v) is 9.01. The number of nitrogens with one attached hydrogen (secondary N) is 1. The van der Waals surface area contributed by atoms with E-state index in [1.807, 2.05) is 0 Å². The van der Waals surface area contributed by atoms with Gasteiger partial charge >= 0.3 is 6.09 Å². The summed E-state index contributed by atoms with van der Waals surface area (Å²) in [5.41, 5.74) is 2.47. The number of nitriles is 1. The molecule has 2 heterocycles. The molecule has 34 heavy (non-hydrogen) atoms. The van der Waals surface area contributed by atoms with E-state index in [1.54, 1.807) is 30.3 Å². The number of fused-ring (bicyclic) bond motifs is 1. The summed E-state index contributed by atoms with van der Waals surface area (Å²) in [6, 6.07) is 14.8. The maximum atomic E-state index is 13.8. The topological polar surface area (TPSA) is 142 Å². The van der Waals surface area contributed by atoms with E-state index >= 15 is 0 Å². The summed E-state index contributed by atoms with van der Waals surface area (Å²) in [5, 5.41) is 17.7. The first-order chi connectivity index (χ1) is 16.3. The minimum Gasteiger partial charge on any atom is -0.439 e. The summed E-state index contributed by atoms with van der Waals surface area (Å²) in [6.45, 7) is 0.0193. The third kappa shape index (κ3) is 4.53. The van der Waals surface area contributed by atoms with Crippen molar-refractivity contribution in [2.75, 3.05) is 6.54 Å². The Morgan fingerprint density at radius 2 is 2.03 bits per heavy atom. The van der Waals surface area contributed by atoms with E-state index in [1.165, 1.54) is 29.7 Å². The van der Waals surface area contributed by atoms with Crippen molar-refractivity contribution in [3.05, 3.63) is 83.3 Å². The van der Waals surface area contributed by atoms with Gasteiger partial charge in [-0.15, -0.1) is 0 Å². The number of benzene rings is 2. The van der Waals surface area contributed by atoms with E-state index in [0.717, 1.165) is 22.1 Å². The molecule has 1 unspecified atom stereocenters. The van der Waals surface area contributed by atoms with Crippen LogP contribution >= 0.6 is 0 Å². The quantitative estimate of drug-likeness (QED) is 0.415. The van der Waals surface area contributed by atoms with Gasteiger partial charge in [-0.1, -0.05) is 24.3 Å². The monoisotopic (exact) mass is 484 g/mol. The van der Waals surface area contributed by atoms with Crippen molar-refractivity contribution >= 4 is 16.1 Å². The molecule has 1 amide bonds. The molecular weight excluding hydrogens is 467 g/mol. The molecule has 4 rings (SSSR count). The van der Waals surface area contributed by atoms with Gasteiger partial charge in [0.25, 0.3) is 0 Å². The molecule has 3 aromatic rings. The highest BCUT2D eigenvalue weighted by Gasteiger charge is 2.39. The highest BCUT2D eigenvalue weighted by molar-refractivity contribution is 7.89. The van der Waals surface area contributed by atoms with E-state index in [0.29, 0.717) is 12.0 Å². The van der Waals surface area contributed by atoms with Gasteiger partial charge in [0.15, 0.2) is 6.23 Å². The Hall–Kier alpha value is -4.05. The third-order valence-corrected chi connectivity index (χ3v) is 6.92. The number of amides is 1. The maximum absolute atomic E-state index is 13.8. The molecule has 0 saturated carbocycles. The van der Waals surface area contributed by atoms with Crippen molar-refractivity contribution in [1.29, 1.82) is 5.26 Å². The van der Waals surface area contributed by atoms with Crippen LogP contribution in [0, 0.1) is 17.1 Å². The fourth-order valence-corrected chi connectivity index (χ4v) is 4.92. The molecule has 1 aromatic heterocycles. The molecule has 1 aliphatic heterocycles. The Labute approximate surface area is 193 Å². The van der Waals surface area contributed by atoms with Crippen LogP contribution in [0.15, 0.2) is 65.7 Å². The molecule has 174 valence electrons. The van der Waals surface area contributed by atoms with Crippen molar-refractivity contribution in [3.63, 3.8) is 0 Å². The van der Waals surface area contributed by atoms with E-state index in [2.05, 4.69) is 4.98 Å². The molecule has 0 spiro atoms. The number of ether oxygens (including phenoxy) is 2. The average molecular weight is 484 g/mol. The summed E-state index contributed by atoms with van der Waals surface area (Å²) in [6.07, 6.45) is -1.07. The maximum Gasteiger partial charge on any atom is 0.432 e. The highest BCUT2D eigenvalue weighted by atomic mass is 32.2. The first kappa shape index (κ1) is 23.1. The summed E-state index contributed by atoms with van der Waals surface area (Å²) >= 11 is 0. The molecule has 0 bridgehead atoms. The number of hydrogen-bond donors (Lipinski definition) is 2. The van der Waals surface area contributed by atoms with Gasteiger partial charge < -0.3 is 9.47 Å². The second kappa shape index (κ2) is 9.44. The molecule has 0 radical (unpaired) electrons. The lowest BCUT2D eigenvalue weighted by atomic mass is 10.00. The first-order valence-electron chi connectivity index (χ1n) is 9.87. The lowest BCUT2D eigenvalue weighted by Crippen LogP contribution is -2.43. The largest absolute Gasteiger partial charge is 0.439 e. The van der Waals surface area contributed by atoms with Crippen LogP contribution in [0.25, 0.3) is 0 Å². The highest BCUT2D eigenvalue weighted by Crippen LogP contribution is 2.35. The molecule has 1 aliphatic rings. The van der Waals surface area contributed by atoms with Gasteiger partial charge in [-0.2, -0.15) is 9.57 Å². The van der Waals surface area contributed by atoms with Gasteiger partial charge in [0, 0.05) is 24.2 Å². The lowest BCUT2D eigenvalue weighted by molar-refractivity contribution is 0.00235. The molecule has 10 nitrogen and oxygen atoms in total. The molecule has 12 heteroatoms. The SMILES string of the molecule is N#Cc1ccc(Oc2ccc(S(=O)(=O)N3CCc4ccccc4C3OC(=O)NO)cn2)cc1F. The lowest BCUT2D eigenvalue weighted by Gasteiger charge is -2.35. The minimum atomic E-state index is -4.18. The van der Waals surface area contributed by atoms with Crippen LogP contribution in [0.4, 0.5) is 9.18 Å². The van der Waals surface area contributed by atoms with Gasteiger partial charge in [0.1, 0.15) is 22.5 Å². The zero-order valence-electron chi connectivity index (χ0n) is 17.4. The van der Waals surface area contributed by atoms with Gasteiger partial charge in [0.05, 0.1) is 11.8 Å². The van der Waals surface area contributed by atoms with Crippen LogP contribution < -0.4 is 10.2 Å². The van der Waals surface area contributed by atoms with Gasteiger partial charge in [-0.3, -0.25) is 5.21 Å². The number of pyridine rings is 1. The number of hydroxylamine groups is 1. The van der Waals surface area contributed by atoms with E-state index in [-0.39, 0.29) is 28.6 Å². The number of halogens is 1. The molecular formula is C22H17FN4O6S. The summed E-state index contributed by atoms with van der Waals surface area (Å²) in [7, 11) is -4.18. The van der Waals surface area contributed by atoms with E-state index in [4.69, 9.17) is 19.9 Å². The van der Waals surface area contributed by atoms with Crippen molar-refractivity contribution in [1.82, 2.24) is 14.8 Å². The molecule has 0 aliphatic carbocycles. The van der Waals surface area contributed by atoms with Crippen LogP contribution in [-0.4, -0.2) is 35.6 Å². The summed E-state index contributed by atoms with van der Waals surface area (Å²) in [5.74, 6) is -0.683. The van der Waals surface area contributed by atoms with Crippen molar-refractivity contribution in [3.8, 4) is 17.7 Å². The molecule has 0 saturated heterocycles. The number of aromatic nitrogens is 1. The number of hydrogen-bond acceptors (Lipinski definition) is 8. The zero-order chi connectivity index (χ0) is 24.3. The van der Waals surface area contributed by atoms with Crippen LogP contribution in [0.5, 0.6) is 11.6 Å². The van der Waals surface area contributed by atoms with Crippen LogP contribution in [0.1, 0.15) is 22.9 Å². The normalized spacial score (nSPS) is 15.6. The Morgan fingerprint density at radius 3 is 2.71 bits per heavy atom. The number of carbonyl (C=O) groups excluding carboxylic acids is 1. The Bertz CT molecular complexity index is 1370. The summed E-state index contributed by atoms with van der Waals surface area (Å²) < 4.78 is 52.1. The van der Waals surface area contributed by atoms with Gasteiger partial charge in [-0.25, -0.2) is 28.1 Å². The minimum absolute atomic E-state index is 0.000458. The molecule has 2 aromatic carbocycles. The number of rotatable bonds is 5. The predicted molar refractivity (Wildman–Crippen MR) is 114 cm³/mol. The fraction of sp³-hybridized carbons (Fsp3) is 0.136. The van der Waals surface area contributed by atoms with Crippen molar-refractivity contribution < 1.29 is 32.3 Å². The second-order valence-electron chi connectivity index (χ2n) is 7.12. The van der Waals surface area contributed by atoms with Crippen LogP contribution in [0.3, 0.4) is 0 Å². The number of carbonyl (C=O) groups is 1. The Balaban J connectivity index is 1.60. The standard InChI is InChI=1S/C22H17FN4O6S/c23-19-11-16(6-5-15(19)12-24)32-20-8-7-17(13-25-20)34(30,31)27-10-9-14-3-1-2-4-18(14)21(27)33-22(28)26-29/h1-8,11,13,21,29H,9-10H2,(H,26,28). The van der Waals surface area contributed by atoms with Crippen molar-refractivity contribution in [2.24, 2.45) is 0 Å². The Morgan fingerprint density at radius 1 is 1.24 bits per heavy atom. The number of sulfonamides is 1. The first-order valence-corrected chi connectivity index (χ1v) is 11.3. The molecule has 1 atom stereocenters. The van der Waals surface area contributed by atoms with Gasteiger partial charge in [-0.05, 0) is 30.2 Å². The average Bonchev–Trinajstić information content (AvgIpc) is 2.84. The Kier molecular flexibility index (Phi) is 6.42. The number of nitrogens with zero attached hydrogens (tertiary/aromatic N) is 3. The molecule has 2 N–H and O–H groups in total.